The Balaban J connectivity index is 2.28. The molecule has 0 amide bonds. The van der Waals surface area contributed by atoms with Gasteiger partial charge in [0.05, 0.1) is 16.9 Å². The van der Waals surface area contributed by atoms with Crippen LogP contribution in [0.5, 0.6) is 0 Å². The average molecular weight is 233 g/mol. The number of benzene rings is 1. The second kappa shape index (κ2) is 4.80. The number of nitriles is 1. The maximum atomic E-state index is 12.1. The molecule has 0 fully saturated rings. The highest BCUT2D eigenvalue weighted by atomic mass is 32.2. The molecular formula is C13H15NOS. The molecule has 2 nitrogen and oxygen atoms in total. The van der Waals surface area contributed by atoms with Crippen molar-refractivity contribution in [2.24, 2.45) is 0 Å². The monoisotopic (exact) mass is 233 g/mol. The van der Waals surface area contributed by atoms with Crippen LogP contribution in [-0.4, -0.2) is 9.46 Å². The molecule has 0 N–H and O–H groups in total. The van der Waals surface area contributed by atoms with Crippen molar-refractivity contribution in [2.45, 2.75) is 42.8 Å². The molecule has 0 radical (unpaired) electrons. The molecule has 0 bridgehead atoms. The fourth-order valence-electron chi connectivity index (χ4n) is 2.13. The summed E-state index contributed by atoms with van der Waals surface area (Å²) < 4.78 is 12.1. The number of nitrogens with zero attached hydrogens (tertiary/aromatic N) is 1. The summed E-state index contributed by atoms with van der Waals surface area (Å²) in [6, 6.07) is 8.13. The van der Waals surface area contributed by atoms with Crippen molar-refractivity contribution in [3.8, 4) is 6.07 Å². The summed E-state index contributed by atoms with van der Waals surface area (Å²) in [4.78, 5) is 0.814. The maximum absolute atomic E-state index is 12.1. The van der Waals surface area contributed by atoms with Crippen molar-refractivity contribution in [1.82, 2.24) is 0 Å². The number of fused-ring (bicyclic) bond motifs is 1. The van der Waals surface area contributed by atoms with E-state index >= 15 is 0 Å². The van der Waals surface area contributed by atoms with Gasteiger partial charge in [-0.2, -0.15) is 5.26 Å². The molecule has 1 aromatic rings. The van der Waals surface area contributed by atoms with Crippen LogP contribution in [0.3, 0.4) is 0 Å². The molecule has 0 saturated heterocycles. The van der Waals surface area contributed by atoms with Crippen LogP contribution >= 0.6 is 0 Å². The van der Waals surface area contributed by atoms with Crippen molar-refractivity contribution in [1.29, 1.82) is 5.26 Å². The van der Waals surface area contributed by atoms with Crippen molar-refractivity contribution in [3.05, 3.63) is 29.3 Å². The average Bonchev–Trinajstić information content (AvgIpc) is 2.77. The Bertz CT molecular complexity index is 461. The zero-order valence-electron chi connectivity index (χ0n) is 9.40. The summed E-state index contributed by atoms with van der Waals surface area (Å²) in [6.07, 6.45) is 4.06. The molecule has 16 heavy (non-hydrogen) atoms. The third kappa shape index (κ3) is 2.03. The summed E-state index contributed by atoms with van der Waals surface area (Å²) in [5, 5.41) is 8.53. The van der Waals surface area contributed by atoms with E-state index in [1.54, 1.807) is 0 Å². The molecule has 0 spiro atoms. The molecule has 0 saturated carbocycles. The van der Waals surface area contributed by atoms with Gasteiger partial charge in [-0.15, -0.1) is 0 Å². The second-order valence-electron chi connectivity index (χ2n) is 4.11. The Hall–Kier alpha value is -1.14. The third-order valence-electron chi connectivity index (χ3n) is 3.08. The van der Waals surface area contributed by atoms with E-state index in [1.165, 1.54) is 17.5 Å². The second-order valence-corrected chi connectivity index (χ2v) is 5.74. The van der Waals surface area contributed by atoms with Crippen LogP contribution in [0, 0.1) is 11.3 Å². The van der Waals surface area contributed by atoms with Gasteiger partial charge in [-0.25, -0.2) is 0 Å². The van der Waals surface area contributed by atoms with E-state index in [0.717, 1.165) is 17.7 Å². The first-order valence-corrected chi connectivity index (χ1v) is 6.89. The van der Waals surface area contributed by atoms with Gasteiger partial charge in [0.2, 0.25) is 0 Å². The van der Waals surface area contributed by atoms with Crippen LogP contribution in [0.25, 0.3) is 0 Å². The number of hydrogen-bond donors (Lipinski definition) is 0. The van der Waals surface area contributed by atoms with Crippen LogP contribution in [0.1, 0.15) is 30.9 Å². The molecule has 2 unspecified atom stereocenters. The lowest BCUT2D eigenvalue weighted by molar-refractivity contribution is 0.676. The normalized spacial score (nSPS) is 17.5. The standard InChI is InChI=1S/C13H15NOS/c1-2-12(9-14)16(15)13-7-6-10-4-3-5-11(10)8-13/h6-8,12H,2-5H2,1H3. The lowest BCUT2D eigenvalue weighted by Crippen LogP contribution is -2.11. The van der Waals surface area contributed by atoms with Gasteiger partial charge in [0.15, 0.2) is 0 Å². The van der Waals surface area contributed by atoms with Crippen molar-refractivity contribution >= 4 is 10.8 Å². The zero-order valence-corrected chi connectivity index (χ0v) is 10.2. The van der Waals surface area contributed by atoms with Gasteiger partial charge >= 0.3 is 0 Å². The van der Waals surface area contributed by atoms with E-state index in [9.17, 15) is 4.21 Å². The van der Waals surface area contributed by atoms with Crippen LogP contribution in [0.2, 0.25) is 0 Å². The van der Waals surface area contributed by atoms with E-state index in [0.29, 0.717) is 6.42 Å². The minimum atomic E-state index is -1.17. The smallest absolute Gasteiger partial charge is 0.126 e. The molecule has 0 aliphatic heterocycles. The van der Waals surface area contributed by atoms with Crippen LogP contribution in [-0.2, 0) is 23.6 Å². The summed E-state index contributed by atoms with van der Waals surface area (Å²) in [5.74, 6) is 0. The Morgan fingerprint density at radius 1 is 1.44 bits per heavy atom. The quantitative estimate of drug-likeness (QED) is 0.805. The van der Waals surface area contributed by atoms with Gasteiger partial charge in [-0.05, 0) is 48.9 Å². The first-order valence-electron chi connectivity index (χ1n) is 5.68. The molecule has 2 atom stereocenters. The van der Waals surface area contributed by atoms with Gasteiger partial charge in [-0.1, -0.05) is 13.0 Å². The van der Waals surface area contributed by atoms with Crippen LogP contribution in [0.4, 0.5) is 0 Å². The van der Waals surface area contributed by atoms with Crippen molar-refractivity contribution in [3.63, 3.8) is 0 Å². The Kier molecular flexibility index (Phi) is 3.40. The molecule has 3 heteroatoms. The van der Waals surface area contributed by atoms with E-state index in [-0.39, 0.29) is 5.25 Å². The van der Waals surface area contributed by atoms with Crippen LogP contribution in [0.15, 0.2) is 23.1 Å². The molecule has 1 aliphatic carbocycles. The number of rotatable bonds is 3. The molecule has 2 rings (SSSR count). The predicted molar refractivity (Wildman–Crippen MR) is 64.6 cm³/mol. The minimum Gasteiger partial charge on any atom is -0.253 e. The number of aryl methyl sites for hydroxylation is 2. The summed E-state index contributed by atoms with van der Waals surface area (Å²) in [6.45, 7) is 1.90. The summed E-state index contributed by atoms with van der Waals surface area (Å²) in [7, 11) is -1.17. The highest BCUT2D eigenvalue weighted by Crippen LogP contribution is 2.25. The molecule has 84 valence electrons. The zero-order chi connectivity index (χ0) is 11.5. The maximum Gasteiger partial charge on any atom is 0.126 e. The Morgan fingerprint density at radius 2 is 2.19 bits per heavy atom. The van der Waals surface area contributed by atoms with Gasteiger partial charge in [0.1, 0.15) is 5.25 Å². The van der Waals surface area contributed by atoms with Crippen LogP contribution < -0.4 is 0 Å². The van der Waals surface area contributed by atoms with Crippen molar-refractivity contribution < 1.29 is 4.21 Å². The topological polar surface area (TPSA) is 40.9 Å². The molecule has 0 heterocycles. The lowest BCUT2D eigenvalue weighted by Gasteiger charge is -2.08. The van der Waals surface area contributed by atoms with E-state index in [2.05, 4.69) is 12.1 Å². The van der Waals surface area contributed by atoms with Gasteiger partial charge in [0.25, 0.3) is 0 Å². The SMILES string of the molecule is CCC(C#N)S(=O)c1ccc2c(c1)CCC2. The van der Waals surface area contributed by atoms with Gasteiger partial charge < -0.3 is 0 Å². The predicted octanol–water partition coefficient (Wildman–Crippen LogP) is 2.59. The van der Waals surface area contributed by atoms with Gasteiger partial charge in [0, 0.05) is 4.90 Å². The van der Waals surface area contributed by atoms with E-state index in [4.69, 9.17) is 5.26 Å². The van der Waals surface area contributed by atoms with E-state index < -0.39 is 10.8 Å². The third-order valence-corrected chi connectivity index (χ3v) is 4.75. The first kappa shape index (κ1) is 11.3. The van der Waals surface area contributed by atoms with Gasteiger partial charge in [-0.3, -0.25) is 4.21 Å². The largest absolute Gasteiger partial charge is 0.253 e. The highest BCUT2D eigenvalue weighted by Gasteiger charge is 2.18. The Morgan fingerprint density at radius 3 is 2.88 bits per heavy atom. The number of hydrogen-bond acceptors (Lipinski definition) is 2. The molecule has 1 aliphatic rings. The molecule has 1 aromatic carbocycles. The molecular weight excluding hydrogens is 218 g/mol. The lowest BCUT2D eigenvalue weighted by atomic mass is 10.1. The molecule has 0 aromatic heterocycles. The summed E-state index contributed by atoms with van der Waals surface area (Å²) in [5.41, 5.74) is 2.70. The fourth-order valence-corrected chi connectivity index (χ4v) is 3.32. The fraction of sp³-hybridized carbons (Fsp3) is 0.462. The minimum absolute atomic E-state index is 0.376. The van der Waals surface area contributed by atoms with E-state index in [1.807, 2.05) is 19.1 Å². The van der Waals surface area contributed by atoms with Crippen molar-refractivity contribution in [2.75, 3.05) is 0 Å². The highest BCUT2D eigenvalue weighted by molar-refractivity contribution is 7.86. The first-order chi connectivity index (χ1) is 7.76. The summed E-state index contributed by atoms with van der Waals surface area (Å²) >= 11 is 0. The Labute approximate surface area is 98.7 Å².